The highest BCUT2D eigenvalue weighted by atomic mass is 32.1. The Hall–Kier alpha value is -2.86. The van der Waals surface area contributed by atoms with Crippen molar-refractivity contribution in [2.75, 3.05) is 6.61 Å². The van der Waals surface area contributed by atoms with Crippen molar-refractivity contribution in [2.24, 2.45) is 0 Å². The molecule has 0 amide bonds. The van der Waals surface area contributed by atoms with Crippen LogP contribution in [0.5, 0.6) is 11.5 Å². The number of hydrogen-bond acceptors (Lipinski definition) is 4. The molecule has 0 spiro atoms. The van der Waals surface area contributed by atoms with E-state index in [0.29, 0.717) is 28.7 Å². The first-order valence-electron chi connectivity index (χ1n) is 8.36. The van der Waals surface area contributed by atoms with Gasteiger partial charge in [-0.25, -0.2) is 4.79 Å². The van der Waals surface area contributed by atoms with Crippen LogP contribution < -0.4 is 15.4 Å². The summed E-state index contributed by atoms with van der Waals surface area (Å²) < 4.78 is 11.1. The second-order valence-corrected chi connectivity index (χ2v) is 6.19. The predicted octanol–water partition coefficient (Wildman–Crippen LogP) is 3.83. The number of hydrogen-bond donors (Lipinski definition) is 2. The summed E-state index contributed by atoms with van der Waals surface area (Å²) in [6.45, 7) is 3.91. The van der Waals surface area contributed by atoms with Gasteiger partial charge >= 0.3 is 5.97 Å². The van der Waals surface area contributed by atoms with Gasteiger partial charge in [0, 0.05) is 5.70 Å². The molecule has 134 valence electrons. The molecule has 0 saturated carbocycles. The summed E-state index contributed by atoms with van der Waals surface area (Å²) in [6, 6.07) is 16.7. The number of thiocarbonyl (C=S) groups is 1. The van der Waals surface area contributed by atoms with Gasteiger partial charge in [-0.2, -0.15) is 0 Å². The Kier molecular flexibility index (Phi) is 5.53. The zero-order valence-corrected chi connectivity index (χ0v) is 15.4. The number of allylic oxidation sites excluding steroid dienone is 1. The van der Waals surface area contributed by atoms with Crippen molar-refractivity contribution >= 4 is 23.3 Å². The standard InChI is InChI=1S/C20H20N2O3S/c1-3-24-19(23)17-13(2)21-20(26)22-18(17)14-8-7-11-16(12-14)25-15-9-5-4-6-10-15/h4-12,18H,3H2,1-2H3,(H2,21,22,26)/t18-/m1/s1. The Labute approximate surface area is 158 Å². The van der Waals surface area contributed by atoms with Gasteiger partial charge in [0.15, 0.2) is 5.11 Å². The third kappa shape index (κ3) is 4.03. The van der Waals surface area contributed by atoms with Crippen LogP contribution in [0.25, 0.3) is 0 Å². The first-order valence-corrected chi connectivity index (χ1v) is 8.77. The topological polar surface area (TPSA) is 59.6 Å². The third-order valence-corrected chi connectivity index (χ3v) is 4.15. The fourth-order valence-electron chi connectivity index (χ4n) is 2.81. The molecule has 2 aromatic carbocycles. The monoisotopic (exact) mass is 368 g/mol. The average Bonchev–Trinajstić information content (AvgIpc) is 2.62. The molecule has 2 N–H and O–H groups in total. The van der Waals surface area contributed by atoms with Gasteiger partial charge in [-0.15, -0.1) is 0 Å². The van der Waals surface area contributed by atoms with E-state index in [1.807, 2.05) is 61.5 Å². The van der Waals surface area contributed by atoms with E-state index < -0.39 is 6.04 Å². The molecule has 3 rings (SSSR count). The van der Waals surface area contributed by atoms with Crippen molar-refractivity contribution in [1.82, 2.24) is 10.6 Å². The lowest BCUT2D eigenvalue weighted by Crippen LogP contribution is -2.45. The van der Waals surface area contributed by atoms with Gasteiger partial charge in [-0.05, 0) is 55.9 Å². The molecule has 6 heteroatoms. The maximum Gasteiger partial charge on any atom is 0.338 e. The smallest absolute Gasteiger partial charge is 0.338 e. The molecular weight excluding hydrogens is 348 g/mol. The Balaban J connectivity index is 1.93. The van der Waals surface area contributed by atoms with Crippen LogP contribution in [-0.2, 0) is 9.53 Å². The number of nitrogens with one attached hydrogen (secondary N) is 2. The van der Waals surface area contributed by atoms with Crippen molar-refractivity contribution in [3.05, 3.63) is 71.4 Å². The zero-order chi connectivity index (χ0) is 18.5. The van der Waals surface area contributed by atoms with E-state index >= 15 is 0 Å². The molecule has 26 heavy (non-hydrogen) atoms. The average molecular weight is 368 g/mol. The van der Waals surface area contributed by atoms with E-state index in [0.717, 1.165) is 11.3 Å². The molecule has 0 bridgehead atoms. The van der Waals surface area contributed by atoms with Crippen LogP contribution in [-0.4, -0.2) is 17.7 Å². The van der Waals surface area contributed by atoms with Gasteiger partial charge < -0.3 is 20.1 Å². The second-order valence-electron chi connectivity index (χ2n) is 5.78. The van der Waals surface area contributed by atoms with Crippen molar-refractivity contribution in [1.29, 1.82) is 0 Å². The highest BCUT2D eigenvalue weighted by Crippen LogP contribution is 2.31. The fraction of sp³-hybridized carbons (Fsp3) is 0.200. The van der Waals surface area contributed by atoms with Crippen molar-refractivity contribution in [2.45, 2.75) is 19.9 Å². The Bertz CT molecular complexity index is 849. The third-order valence-electron chi connectivity index (χ3n) is 3.93. The molecular formula is C20H20N2O3S. The van der Waals surface area contributed by atoms with Gasteiger partial charge in [0.25, 0.3) is 0 Å². The molecule has 1 aliphatic heterocycles. The SMILES string of the molecule is CCOC(=O)C1=C(C)NC(=S)N[C@@H]1c1cccc(Oc2ccccc2)c1. The van der Waals surface area contributed by atoms with Crippen molar-refractivity contribution in [3.8, 4) is 11.5 Å². The first kappa shape index (κ1) is 17.9. The molecule has 0 fully saturated rings. The maximum absolute atomic E-state index is 12.4. The normalized spacial score (nSPS) is 16.5. The number of carbonyl (C=O) groups is 1. The summed E-state index contributed by atoms with van der Waals surface area (Å²) in [7, 11) is 0. The summed E-state index contributed by atoms with van der Waals surface area (Å²) >= 11 is 5.26. The Morgan fingerprint density at radius 1 is 1.12 bits per heavy atom. The molecule has 0 aromatic heterocycles. The number of rotatable bonds is 5. The summed E-state index contributed by atoms with van der Waals surface area (Å²) in [5.74, 6) is 1.06. The van der Waals surface area contributed by atoms with E-state index in [4.69, 9.17) is 21.7 Å². The predicted molar refractivity (Wildman–Crippen MR) is 104 cm³/mol. The molecule has 1 heterocycles. The van der Waals surface area contributed by atoms with Crippen molar-refractivity contribution in [3.63, 3.8) is 0 Å². The summed E-state index contributed by atoms with van der Waals surface area (Å²) in [4.78, 5) is 12.4. The van der Waals surface area contributed by atoms with Crippen LogP contribution in [0.4, 0.5) is 0 Å². The van der Waals surface area contributed by atoms with Crippen LogP contribution in [0.15, 0.2) is 65.9 Å². The summed E-state index contributed by atoms with van der Waals surface area (Å²) in [6.07, 6.45) is 0. The van der Waals surface area contributed by atoms with Gasteiger partial charge in [0.1, 0.15) is 11.5 Å². The maximum atomic E-state index is 12.4. The lowest BCUT2D eigenvalue weighted by Gasteiger charge is -2.30. The fourth-order valence-corrected chi connectivity index (χ4v) is 3.08. The van der Waals surface area contributed by atoms with Gasteiger partial charge in [0.05, 0.1) is 18.2 Å². The van der Waals surface area contributed by atoms with Crippen molar-refractivity contribution < 1.29 is 14.3 Å². The van der Waals surface area contributed by atoms with Crippen LogP contribution in [0.1, 0.15) is 25.5 Å². The minimum atomic E-state index is -0.401. The molecule has 1 atom stereocenters. The molecule has 5 nitrogen and oxygen atoms in total. The Morgan fingerprint density at radius 3 is 2.58 bits per heavy atom. The summed E-state index contributed by atoms with van der Waals surface area (Å²) in [5, 5.41) is 6.61. The lowest BCUT2D eigenvalue weighted by molar-refractivity contribution is -0.139. The lowest BCUT2D eigenvalue weighted by atomic mass is 9.95. The first-order chi connectivity index (χ1) is 12.6. The molecule has 0 aliphatic carbocycles. The van der Waals surface area contributed by atoms with E-state index in [2.05, 4.69) is 10.6 Å². The van der Waals surface area contributed by atoms with Crippen LogP contribution >= 0.6 is 12.2 Å². The summed E-state index contributed by atoms with van der Waals surface area (Å²) in [5.41, 5.74) is 2.06. The highest BCUT2D eigenvalue weighted by molar-refractivity contribution is 7.80. The quantitative estimate of drug-likeness (QED) is 0.618. The zero-order valence-electron chi connectivity index (χ0n) is 14.6. The van der Waals surface area contributed by atoms with Gasteiger partial charge in [-0.3, -0.25) is 0 Å². The van der Waals surface area contributed by atoms with E-state index in [-0.39, 0.29) is 5.97 Å². The van der Waals surface area contributed by atoms with Crippen LogP contribution in [0, 0.1) is 0 Å². The number of carbonyl (C=O) groups excluding carboxylic acids is 1. The number of ether oxygens (including phenoxy) is 2. The Morgan fingerprint density at radius 2 is 1.85 bits per heavy atom. The second kappa shape index (κ2) is 8.01. The molecule has 1 aliphatic rings. The van der Waals surface area contributed by atoms with Crippen LogP contribution in [0.3, 0.4) is 0 Å². The van der Waals surface area contributed by atoms with Gasteiger partial charge in [0.2, 0.25) is 0 Å². The van der Waals surface area contributed by atoms with E-state index in [1.165, 1.54) is 0 Å². The number of para-hydroxylation sites is 1. The van der Waals surface area contributed by atoms with Crippen LogP contribution in [0.2, 0.25) is 0 Å². The molecule has 0 radical (unpaired) electrons. The van der Waals surface area contributed by atoms with E-state index in [1.54, 1.807) is 6.92 Å². The largest absolute Gasteiger partial charge is 0.463 e. The minimum Gasteiger partial charge on any atom is -0.463 e. The molecule has 2 aromatic rings. The van der Waals surface area contributed by atoms with Gasteiger partial charge in [-0.1, -0.05) is 30.3 Å². The minimum absolute atomic E-state index is 0.309. The van der Waals surface area contributed by atoms with E-state index in [9.17, 15) is 4.79 Å². The highest BCUT2D eigenvalue weighted by Gasteiger charge is 2.31. The number of benzene rings is 2. The molecule has 0 unspecified atom stereocenters. The molecule has 0 saturated heterocycles. The number of esters is 1.